The van der Waals surface area contributed by atoms with E-state index in [4.69, 9.17) is 4.74 Å². The van der Waals surface area contributed by atoms with Crippen molar-refractivity contribution in [3.63, 3.8) is 0 Å². The van der Waals surface area contributed by atoms with E-state index in [-0.39, 0.29) is 11.8 Å². The zero-order valence-electron chi connectivity index (χ0n) is 11.3. The quantitative estimate of drug-likeness (QED) is 0.802. The van der Waals surface area contributed by atoms with Gasteiger partial charge in [0.2, 0.25) is 0 Å². The van der Waals surface area contributed by atoms with Gasteiger partial charge in [-0.05, 0) is 31.2 Å². The van der Waals surface area contributed by atoms with Crippen LogP contribution in [-0.2, 0) is 0 Å². The van der Waals surface area contributed by atoms with Crippen LogP contribution in [-0.4, -0.2) is 18.2 Å². The lowest BCUT2D eigenvalue weighted by molar-refractivity contribution is 0.262. The van der Waals surface area contributed by atoms with Gasteiger partial charge in [0.1, 0.15) is 11.5 Å². The van der Waals surface area contributed by atoms with Gasteiger partial charge in [-0.15, -0.1) is 0 Å². The third-order valence-corrected chi connectivity index (χ3v) is 2.88. The Bertz CT molecular complexity index is 626. The molecular formula is C15H16N2O3. The molecule has 104 valence electrons. The van der Waals surface area contributed by atoms with Crippen LogP contribution in [0.15, 0.2) is 42.5 Å². The standard InChI is InChI=1S/C15H16N2O3/c1-10-13(7-4-8-14(10)18)17-15(19)16-11-5-3-6-12(9-11)20-2/h3-9,18H,1-2H3,(H2,16,17,19). The fourth-order valence-corrected chi connectivity index (χ4v) is 1.74. The Hall–Kier alpha value is -2.69. The molecule has 0 aliphatic heterocycles. The summed E-state index contributed by atoms with van der Waals surface area (Å²) >= 11 is 0. The Balaban J connectivity index is 2.07. The molecule has 5 heteroatoms. The van der Waals surface area contributed by atoms with Crippen molar-refractivity contribution in [1.82, 2.24) is 0 Å². The monoisotopic (exact) mass is 272 g/mol. The number of nitrogens with one attached hydrogen (secondary N) is 2. The predicted octanol–water partition coefficient (Wildman–Crippen LogP) is 3.35. The minimum absolute atomic E-state index is 0.143. The van der Waals surface area contributed by atoms with Crippen molar-refractivity contribution in [3.8, 4) is 11.5 Å². The Morgan fingerprint density at radius 3 is 2.65 bits per heavy atom. The van der Waals surface area contributed by atoms with E-state index in [0.29, 0.717) is 22.7 Å². The molecule has 0 bridgehead atoms. The van der Waals surface area contributed by atoms with E-state index in [2.05, 4.69) is 10.6 Å². The smallest absolute Gasteiger partial charge is 0.323 e. The van der Waals surface area contributed by atoms with Crippen LogP contribution in [0.2, 0.25) is 0 Å². The number of phenolic OH excluding ortho intramolecular Hbond substituents is 1. The van der Waals surface area contributed by atoms with Crippen molar-refractivity contribution in [2.75, 3.05) is 17.7 Å². The number of ether oxygens (including phenoxy) is 1. The number of carbonyl (C=O) groups is 1. The summed E-state index contributed by atoms with van der Waals surface area (Å²) in [5.74, 6) is 0.806. The molecule has 0 heterocycles. The van der Waals surface area contributed by atoms with Gasteiger partial charge in [-0.25, -0.2) is 4.79 Å². The third-order valence-electron chi connectivity index (χ3n) is 2.88. The summed E-state index contributed by atoms with van der Waals surface area (Å²) in [5.41, 5.74) is 1.80. The van der Waals surface area contributed by atoms with Crippen molar-refractivity contribution < 1.29 is 14.6 Å². The molecule has 0 unspecified atom stereocenters. The number of benzene rings is 2. The summed E-state index contributed by atoms with van der Waals surface area (Å²) in [5, 5.41) is 15.0. The maximum absolute atomic E-state index is 11.9. The first-order chi connectivity index (χ1) is 9.60. The fourth-order valence-electron chi connectivity index (χ4n) is 1.74. The number of anilines is 2. The largest absolute Gasteiger partial charge is 0.508 e. The van der Waals surface area contributed by atoms with Crippen LogP contribution >= 0.6 is 0 Å². The summed E-state index contributed by atoms with van der Waals surface area (Å²) in [4.78, 5) is 11.9. The van der Waals surface area contributed by atoms with Crippen LogP contribution in [0.25, 0.3) is 0 Å². The molecule has 0 aliphatic rings. The molecule has 0 aliphatic carbocycles. The van der Waals surface area contributed by atoms with Gasteiger partial charge in [-0.2, -0.15) is 0 Å². The highest BCUT2D eigenvalue weighted by atomic mass is 16.5. The van der Waals surface area contributed by atoms with Crippen molar-refractivity contribution in [1.29, 1.82) is 0 Å². The van der Waals surface area contributed by atoms with Crippen molar-refractivity contribution in [2.45, 2.75) is 6.92 Å². The van der Waals surface area contributed by atoms with Crippen molar-refractivity contribution >= 4 is 17.4 Å². The Morgan fingerprint density at radius 1 is 1.15 bits per heavy atom. The number of carbonyl (C=O) groups excluding carboxylic acids is 1. The number of urea groups is 1. The lowest BCUT2D eigenvalue weighted by Crippen LogP contribution is -2.19. The molecule has 0 saturated heterocycles. The van der Waals surface area contributed by atoms with Gasteiger partial charge >= 0.3 is 6.03 Å². The molecule has 0 saturated carbocycles. The molecular weight excluding hydrogens is 256 g/mol. The molecule has 0 spiro atoms. The molecule has 2 rings (SSSR count). The van der Waals surface area contributed by atoms with E-state index in [1.165, 1.54) is 0 Å². The van der Waals surface area contributed by atoms with Crippen LogP contribution in [0.1, 0.15) is 5.56 Å². The van der Waals surface area contributed by atoms with E-state index in [9.17, 15) is 9.90 Å². The van der Waals surface area contributed by atoms with Gasteiger partial charge in [0.25, 0.3) is 0 Å². The predicted molar refractivity (Wildman–Crippen MR) is 78.5 cm³/mol. The Labute approximate surface area is 117 Å². The number of amides is 2. The Morgan fingerprint density at radius 2 is 1.90 bits per heavy atom. The average molecular weight is 272 g/mol. The molecule has 0 atom stereocenters. The van der Waals surface area contributed by atoms with Gasteiger partial charge in [0.15, 0.2) is 0 Å². The highest BCUT2D eigenvalue weighted by Gasteiger charge is 2.07. The first-order valence-corrected chi connectivity index (χ1v) is 6.11. The van der Waals surface area contributed by atoms with E-state index < -0.39 is 0 Å². The molecule has 5 nitrogen and oxygen atoms in total. The van der Waals surface area contributed by atoms with Gasteiger partial charge in [0, 0.05) is 23.0 Å². The van der Waals surface area contributed by atoms with E-state index in [1.807, 2.05) is 0 Å². The number of hydrogen-bond donors (Lipinski definition) is 3. The lowest BCUT2D eigenvalue weighted by atomic mass is 10.2. The minimum atomic E-state index is -0.382. The van der Waals surface area contributed by atoms with Crippen LogP contribution in [0.4, 0.5) is 16.2 Å². The van der Waals surface area contributed by atoms with Crippen molar-refractivity contribution in [3.05, 3.63) is 48.0 Å². The maximum atomic E-state index is 11.9. The summed E-state index contributed by atoms with van der Waals surface area (Å²) in [6, 6.07) is 11.6. The SMILES string of the molecule is COc1cccc(NC(=O)Nc2cccc(O)c2C)c1. The number of rotatable bonds is 3. The summed E-state index contributed by atoms with van der Waals surface area (Å²) < 4.78 is 5.08. The minimum Gasteiger partial charge on any atom is -0.508 e. The first-order valence-electron chi connectivity index (χ1n) is 6.11. The zero-order valence-corrected chi connectivity index (χ0v) is 11.3. The molecule has 2 amide bonds. The highest BCUT2D eigenvalue weighted by molar-refractivity contribution is 6.00. The van der Waals surface area contributed by atoms with E-state index >= 15 is 0 Å². The number of aromatic hydroxyl groups is 1. The number of hydrogen-bond acceptors (Lipinski definition) is 3. The fraction of sp³-hybridized carbons (Fsp3) is 0.133. The second-order valence-electron chi connectivity index (χ2n) is 4.26. The topological polar surface area (TPSA) is 70.6 Å². The van der Waals surface area contributed by atoms with Crippen molar-refractivity contribution in [2.24, 2.45) is 0 Å². The summed E-state index contributed by atoms with van der Waals surface area (Å²) in [7, 11) is 1.56. The zero-order chi connectivity index (χ0) is 14.5. The maximum Gasteiger partial charge on any atom is 0.323 e. The van der Waals surface area contributed by atoms with Crippen LogP contribution in [0, 0.1) is 6.92 Å². The van der Waals surface area contributed by atoms with Crippen LogP contribution in [0.5, 0.6) is 11.5 Å². The van der Waals surface area contributed by atoms with Gasteiger partial charge in [0.05, 0.1) is 7.11 Å². The van der Waals surface area contributed by atoms with E-state index in [1.54, 1.807) is 56.5 Å². The third kappa shape index (κ3) is 3.20. The molecule has 0 aromatic heterocycles. The van der Waals surface area contributed by atoms with E-state index in [0.717, 1.165) is 0 Å². The molecule has 2 aromatic rings. The summed E-state index contributed by atoms with van der Waals surface area (Å²) in [6.07, 6.45) is 0. The molecule has 0 fully saturated rings. The van der Waals surface area contributed by atoms with Crippen LogP contribution < -0.4 is 15.4 Å². The number of phenols is 1. The average Bonchev–Trinajstić information content (AvgIpc) is 2.44. The molecule has 0 radical (unpaired) electrons. The second-order valence-corrected chi connectivity index (χ2v) is 4.26. The second kappa shape index (κ2) is 5.97. The molecule has 20 heavy (non-hydrogen) atoms. The Kier molecular flexibility index (Phi) is 4.10. The highest BCUT2D eigenvalue weighted by Crippen LogP contribution is 2.24. The summed E-state index contributed by atoms with van der Waals surface area (Å²) in [6.45, 7) is 1.73. The normalized spacial score (nSPS) is 9.90. The lowest BCUT2D eigenvalue weighted by Gasteiger charge is -2.11. The van der Waals surface area contributed by atoms with Crippen LogP contribution in [0.3, 0.4) is 0 Å². The van der Waals surface area contributed by atoms with Gasteiger partial charge in [-0.1, -0.05) is 12.1 Å². The van der Waals surface area contributed by atoms with Gasteiger partial charge in [-0.3, -0.25) is 0 Å². The van der Waals surface area contributed by atoms with Gasteiger partial charge < -0.3 is 20.5 Å². The first kappa shape index (κ1) is 13.7. The molecule has 2 aromatic carbocycles. The number of methoxy groups -OCH3 is 1. The molecule has 3 N–H and O–H groups in total.